The monoisotopic (exact) mass is 339 g/mol. The van der Waals surface area contributed by atoms with E-state index in [9.17, 15) is 9.90 Å². The molecule has 0 unspecified atom stereocenters. The number of hydrogen-bond acceptors (Lipinski definition) is 3. The molecule has 1 aliphatic heterocycles. The highest BCUT2D eigenvalue weighted by molar-refractivity contribution is 5.74. The summed E-state index contributed by atoms with van der Waals surface area (Å²) < 4.78 is 0. The average Bonchev–Trinajstić information content (AvgIpc) is 2.67. The van der Waals surface area contributed by atoms with E-state index < -0.39 is 0 Å². The van der Waals surface area contributed by atoms with Gasteiger partial charge in [-0.3, -0.25) is 4.98 Å². The number of amides is 2. The number of aromatic nitrogens is 1. The van der Waals surface area contributed by atoms with E-state index in [1.165, 1.54) is 12.0 Å². The predicted molar refractivity (Wildman–Crippen MR) is 97.2 cm³/mol. The third kappa shape index (κ3) is 4.95. The van der Waals surface area contributed by atoms with E-state index in [0.29, 0.717) is 6.54 Å². The Hall–Kier alpha value is -2.56. The number of nitrogens with one attached hydrogen (secondary N) is 1. The van der Waals surface area contributed by atoms with Crippen LogP contribution in [0.5, 0.6) is 5.75 Å². The summed E-state index contributed by atoms with van der Waals surface area (Å²) >= 11 is 0. The van der Waals surface area contributed by atoms with Gasteiger partial charge in [0.15, 0.2) is 0 Å². The Morgan fingerprint density at radius 2 is 2.04 bits per heavy atom. The summed E-state index contributed by atoms with van der Waals surface area (Å²) in [6, 6.07) is 13.3. The van der Waals surface area contributed by atoms with Crippen LogP contribution in [0.2, 0.25) is 0 Å². The molecule has 1 aromatic heterocycles. The fourth-order valence-electron chi connectivity index (χ4n) is 3.33. The summed E-state index contributed by atoms with van der Waals surface area (Å²) in [7, 11) is 0. The minimum Gasteiger partial charge on any atom is -0.508 e. The number of carbonyl (C=O) groups excluding carboxylic acids is 1. The zero-order chi connectivity index (χ0) is 17.5. The van der Waals surface area contributed by atoms with Gasteiger partial charge in [0.05, 0.1) is 12.2 Å². The first-order valence-electron chi connectivity index (χ1n) is 8.94. The van der Waals surface area contributed by atoms with Crippen LogP contribution in [0.15, 0.2) is 48.7 Å². The molecule has 2 heterocycles. The van der Waals surface area contributed by atoms with Crippen molar-refractivity contribution in [2.45, 2.75) is 44.7 Å². The summed E-state index contributed by atoms with van der Waals surface area (Å²) in [6.45, 7) is 1.27. The Morgan fingerprint density at radius 1 is 1.20 bits per heavy atom. The van der Waals surface area contributed by atoms with Crippen LogP contribution in [-0.4, -0.2) is 33.6 Å². The van der Waals surface area contributed by atoms with Crippen molar-refractivity contribution < 1.29 is 9.90 Å². The molecule has 132 valence electrons. The van der Waals surface area contributed by atoms with Gasteiger partial charge >= 0.3 is 6.03 Å². The Kier molecular flexibility index (Phi) is 5.88. The van der Waals surface area contributed by atoms with Crippen LogP contribution < -0.4 is 5.32 Å². The lowest BCUT2D eigenvalue weighted by molar-refractivity contribution is 0.146. The first-order valence-corrected chi connectivity index (χ1v) is 8.94. The Bertz CT molecular complexity index is 673. The quantitative estimate of drug-likeness (QED) is 0.876. The van der Waals surface area contributed by atoms with E-state index in [1.807, 2.05) is 35.2 Å². The summed E-state index contributed by atoms with van der Waals surface area (Å²) in [6.07, 6.45) is 6.88. The molecule has 3 rings (SSSR count). The number of phenolic OH excluding ortho intramolecular Hbond substituents is 1. The number of nitrogens with zero attached hydrogens (tertiary/aromatic N) is 2. The van der Waals surface area contributed by atoms with E-state index in [2.05, 4.69) is 10.3 Å². The average molecular weight is 339 g/mol. The van der Waals surface area contributed by atoms with Crippen molar-refractivity contribution in [3.8, 4) is 5.75 Å². The number of benzene rings is 1. The smallest absolute Gasteiger partial charge is 0.317 e. The van der Waals surface area contributed by atoms with E-state index in [0.717, 1.165) is 37.9 Å². The maximum Gasteiger partial charge on any atom is 0.317 e. The van der Waals surface area contributed by atoms with Gasteiger partial charge in [0, 0.05) is 18.8 Å². The second-order valence-electron chi connectivity index (χ2n) is 6.53. The Labute approximate surface area is 148 Å². The van der Waals surface area contributed by atoms with Gasteiger partial charge in [-0.25, -0.2) is 4.79 Å². The van der Waals surface area contributed by atoms with Crippen molar-refractivity contribution in [3.63, 3.8) is 0 Å². The first kappa shape index (κ1) is 17.3. The molecular formula is C20H25N3O2. The number of aryl methyl sites for hydroxylation is 1. The molecule has 1 fully saturated rings. The number of carbonyl (C=O) groups is 1. The number of likely N-dealkylation sites (tertiary alicyclic amines) is 1. The minimum atomic E-state index is 0.000981. The largest absolute Gasteiger partial charge is 0.508 e. The second kappa shape index (κ2) is 8.51. The number of aromatic hydroxyl groups is 1. The molecule has 25 heavy (non-hydrogen) atoms. The third-order valence-corrected chi connectivity index (χ3v) is 4.74. The van der Waals surface area contributed by atoms with Gasteiger partial charge in [-0.05, 0) is 61.9 Å². The van der Waals surface area contributed by atoms with Crippen molar-refractivity contribution in [3.05, 3.63) is 59.9 Å². The van der Waals surface area contributed by atoms with Crippen LogP contribution in [0.25, 0.3) is 0 Å². The van der Waals surface area contributed by atoms with Gasteiger partial charge in [0.2, 0.25) is 0 Å². The van der Waals surface area contributed by atoms with Crippen molar-refractivity contribution in [2.75, 3.05) is 6.54 Å². The van der Waals surface area contributed by atoms with Crippen LogP contribution in [0, 0.1) is 0 Å². The lowest BCUT2D eigenvalue weighted by Crippen LogP contribution is -2.48. The van der Waals surface area contributed by atoms with Crippen LogP contribution >= 0.6 is 0 Å². The number of piperidine rings is 1. The predicted octanol–water partition coefficient (Wildman–Crippen LogP) is 3.48. The molecule has 2 N–H and O–H groups in total. The maximum absolute atomic E-state index is 12.6. The molecule has 1 aliphatic rings. The van der Waals surface area contributed by atoms with Crippen molar-refractivity contribution >= 4 is 6.03 Å². The van der Waals surface area contributed by atoms with Gasteiger partial charge in [0.25, 0.3) is 0 Å². The molecule has 5 heteroatoms. The van der Waals surface area contributed by atoms with Crippen molar-refractivity contribution in [1.29, 1.82) is 0 Å². The van der Waals surface area contributed by atoms with Crippen LogP contribution in [-0.2, 0) is 13.0 Å². The van der Waals surface area contributed by atoms with Gasteiger partial charge in [-0.2, -0.15) is 0 Å². The summed E-state index contributed by atoms with van der Waals surface area (Å²) in [5, 5.41) is 12.4. The Balaban J connectivity index is 1.54. The molecule has 0 saturated carbocycles. The fourth-order valence-corrected chi connectivity index (χ4v) is 3.33. The molecular weight excluding hydrogens is 314 g/mol. The van der Waals surface area contributed by atoms with E-state index in [4.69, 9.17) is 0 Å². The SMILES string of the molecule is O=C(NCc1ccccn1)N1CCCC[C@@H]1CCc1ccc(O)cc1. The molecule has 0 radical (unpaired) electrons. The molecule has 1 saturated heterocycles. The summed E-state index contributed by atoms with van der Waals surface area (Å²) in [5.74, 6) is 0.289. The van der Waals surface area contributed by atoms with Gasteiger partial charge in [-0.15, -0.1) is 0 Å². The molecule has 1 atom stereocenters. The highest BCUT2D eigenvalue weighted by Gasteiger charge is 2.26. The molecule has 2 amide bonds. The summed E-state index contributed by atoms with van der Waals surface area (Å²) in [4.78, 5) is 18.8. The molecule has 1 aromatic carbocycles. The lowest BCUT2D eigenvalue weighted by Gasteiger charge is -2.36. The topological polar surface area (TPSA) is 65.5 Å². The van der Waals surface area contributed by atoms with Crippen LogP contribution in [0.4, 0.5) is 4.79 Å². The molecule has 2 aromatic rings. The summed E-state index contributed by atoms with van der Waals surface area (Å²) in [5.41, 5.74) is 2.06. The highest BCUT2D eigenvalue weighted by atomic mass is 16.3. The standard InChI is InChI=1S/C20H25N3O2/c24-19-11-8-16(9-12-19)7-10-18-6-2-4-14-23(18)20(25)22-15-17-5-1-3-13-21-17/h1,3,5,8-9,11-13,18,24H,2,4,6-7,10,14-15H2,(H,22,25)/t18-/m1/s1. The maximum atomic E-state index is 12.6. The number of pyridine rings is 1. The zero-order valence-electron chi connectivity index (χ0n) is 14.4. The van der Waals surface area contributed by atoms with E-state index in [1.54, 1.807) is 18.3 Å². The van der Waals surface area contributed by atoms with Crippen LogP contribution in [0.3, 0.4) is 0 Å². The zero-order valence-corrected chi connectivity index (χ0v) is 14.4. The van der Waals surface area contributed by atoms with Crippen molar-refractivity contribution in [1.82, 2.24) is 15.2 Å². The lowest BCUT2D eigenvalue weighted by atomic mass is 9.96. The van der Waals surface area contributed by atoms with E-state index >= 15 is 0 Å². The van der Waals surface area contributed by atoms with Gasteiger partial charge in [0.1, 0.15) is 5.75 Å². The van der Waals surface area contributed by atoms with Crippen molar-refractivity contribution in [2.24, 2.45) is 0 Å². The van der Waals surface area contributed by atoms with Crippen LogP contribution in [0.1, 0.15) is 36.9 Å². The fraction of sp³-hybridized carbons (Fsp3) is 0.400. The molecule has 0 spiro atoms. The Morgan fingerprint density at radius 3 is 2.80 bits per heavy atom. The highest BCUT2D eigenvalue weighted by Crippen LogP contribution is 2.22. The number of hydrogen-bond donors (Lipinski definition) is 2. The van der Waals surface area contributed by atoms with Gasteiger partial charge in [-0.1, -0.05) is 18.2 Å². The molecule has 0 aliphatic carbocycles. The second-order valence-corrected chi connectivity index (χ2v) is 6.53. The number of rotatable bonds is 5. The minimum absolute atomic E-state index is 0.000981. The molecule has 0 bridgehead atoms. The van der Waals surface area contributed by atoms with Gasteiger partial charge < -0.3 is 15.3 Å². The third-order valence-electron chi connectivity index (χ3n) is 4.74. The normalized spacial score (nSPS) is 17.3. The first-order chi connectivity index (χ1) is 12.2. The van der Waals surface area contributed by atoms with E-state index in [-0.39, 0.29) is 17.8 Å². The molecule has 5 nitrogen and oxygen atoms in total. The number of urea groups is 1. The number of phenols is 1.